The number of carbonyl (C=O) groups excluding carboxylic acids is 1. The monoisotopic (exact) mass is 275 g/mol. The Labute approximate surface area is 106 Å². The fourth-order valence-corrected chi connectivity index (χ4v) is 2.08. The second-order valence-electron chi connectivity index (χ2n) is 3.80. The van der Waals surface area contributed by atoms with E-state index in [4.69, 9.17) is 11.6 Å². The van der Waals surface area contributed by atoms with Crippen molar-refractivity contribution in [2.45, 2.75) is 6.42 Å². The molecule has 0 amide bonds. The summed E-state index contributed by atoms with van der Waals surface area (Å²) in [6, 6.07) is 4.95. The molecule has 0 saturated carbocycles. The molecule has 94 valence electrons. The summed E-state index contributed by atoms with van der Waals surface area (Å²) in [5.41, 5.74) is 1.20. The van der Waals surface area contributed by atoms with Crippen LogP contribution in [0.3, 0.4) is 0 Å². The smallest absolute Gasteiger partial charge is 0.310 e. The third-order valence-electron chi connectivity index (χ3n) is 1.92. The van der Waals surface area contributed by atoms with Gasteiger partial charge in [0.15, 0.2) is 0 Å². The van der Waals surface area contributed by atoms with E-state index in [2.05, 4.69) is 9.10 Å². The van der Waals surface area contributed by atoms with Crippen LogP contribution in [0, 0.1) is 0 Å². The lowest BCUT2D eigenvalue weighted by Crippen LogP contribution is -2.04. The molecule has 0 spiro atoms. The molecule has 0 aliphatic carbocycles. The average molecular weight is 276 g/mol. The largest absolute Gasteiger partial charge is 0.469 e. The van der Waals surface area contributed by atoms with Crippen molar-refractivity contribution in [3.05, 3.63) is 28.8 Å². The molecule has 0 aromatic heterocycles. The molecule has 0 saturated heterocycles. The first-order chi connectivity index (χ1) is 7.81. The van der Waals surface area contributed by atoms with Crippen molar-refractivity contribution < 1.29 is 13.7 Å². The Balaban J connectivity index is 3.03. The zero-order valence-electron chi connectivity index (χ0n) is 9.90. The van der Waals surface area contributed by atoms with Crippen LogP contribution >= 0.6 is 11.6 Å². The fourth-order valence-electron chi connectivity index (χ4n) is 1.22. The third-order valence-corrected chi connectivity index (χ3v) is 2.93. The molecule has 0 N–H and O–H groups in total. The molecule has 1 rings (SSSR count). The van der Waals surface area contributed by atoms with Gasteiger partial charge < -0.3 is 4.74 Å². The summed E-state index contributed by atoms with van der Waals surface area (Å²) in [7, 11) is -0.887. The van der Waals surface area contributed by atoms with Crippen LogP contribution in [0.25, 0.3) is 0 Å². The third kappa shape index (κ3) is 4.75. The molecule has 17 heavy (non-hydrogen) atoms. The van der Waals surface area contributed by atoms with Gasteiger partial charge in [0.25, 0.3) is 0 Å². The van der Waals surface area contributed by atoms with Gasteiger partial charge in [-0.25, -0.2) is 4.21 Å². The summed E-state index contributed by atoms with van der Waals surface area (Å²) in [6.07, 6.45) is 3.20. The number of nitrogens with zero attached hydrogens (tertiary/aromatic N) is 1. The fraction of sp³-hybridized carbons (Fsp3) is 0.364. The quantitative estimate of drug-likeness (QED) is 0.796. The molecule has 0 aliphatic heterocycles. The van der Waals surface area contributed by atoms with Crippen molar-refractivity contribution in [3.8, 4) is 0 Å². The molecular weight excluding hydrogens is 262 g/mol. The summed E-state index contributed by atoms with van der Waals surface area (Å²) in [5, 5.41) is 0.417. The van der Waals surface area contributed by atoms with Crippen molar-refractivity contribution >= 4 is 33.0 Å². The van der Waals surface area contributed by atoms with Crippen LogP contribution in [0.4, 0.5) is 5.69 Å². The van der Waals surface area contributed by atoms with E-state index in [1.807, 2.05) is 0 Å². The summed E-state index contributed by atoms with van der Waals surface area (Å²) < 4.78 is 20.1. The summed E-state index contributed by atoms with van der Waals surface area (Å²) in [4.78, 5) is 11.1. The second kappa shape index (κ2) is 5.51. The first-order valence-electron chi connectivity index (χ1n) is 4.84. The highest BCUT2D eigenvalue weighted by Gasteiger charge is 2.07. The van der Waals surface area contributed by atoms with E-state index < -0.39 is 9.73 Å². The van der Waals surface area contributed by atoms with Gasteiger partial charge >= 0.3 is 5.97 Å². The van der Waals surface area contributed by atoms with Gasteiger partial charge in [0.2, 0.25) is 0 Å². The van der Waals surface area contributed by atoms with E-state index in [0.717, 1.165) is 0 Å². The number of ether oxygens (including phenoxy) is 1. The van der Waals surface area contributed by atoms with Crippen molar-refractivity contribution in [3.63, 3.8) is 0 Å². The van der Waals surface area contributed by atoms with Gasteiger partial charge in [-0.2, -0.15) is 4.36 Å². The van der Waals surface area contributed by atoms with Crippen LogP contribution in [-0.4, -0.2) is 29.8 Å². The summed E-state index contributed by atoms with van der Waals surface area (Å²) >= 11 is 6.00. The van der Waals surface area contributed by atoms with Crippen molar-refractivity contribution in [1.29, 1.82) is 0 Å². The summed E-state index contributed by atoms with van der Waals surface area (Å²) in [5.74, 6) is -0.355. The maximum absolute atomic E-state index is 11.5. The molecule has 0 bridgehead atoms. The Morgan fingerprint density at radius 3 is 2.59 bits per heavy atom. The number of rotatable bonds is 3. The van der Waals surface area contributed by atoms with Crippen molar-refractivity contribution in [1.82, 2.24) is 0 Å². The van der Waals surface area contributed by atoms with E-state index in [-0.39, 0.29) is 12.4 Å². The van der Waals surface area contributed by atoms with Gasteiger partial charge in [0.05, 0.1) is 19.2 Å². The van der Waals surface area contributed by atoms with Crippen LogP contribution in [0.2, 0.25) is 5.02 Å². The number of hydrogen-bond donors (Lipinski definition) is 0. The number of carbonyl (C=O) groups is 1. The Morgan fingerprint density at radius 2 is 2.12 bits per heavy atom. The van der Waals surface area contributed by atoms with Crippen LogP contribution in [-0.2, 0) is 25.7 Å². The number of halogens is 1. The molecule has 0 unspecified atom stereocenters. The number of benzene rings is 1. The van der Waals surface area contributed by atoms with Crippen molar-refractivity contribution in [2.75, 3.05) is 19.6 Å². The molecule has 4 nitrogen and oxygen atoms in total. The van der Waals surface area contributed by atoms with Gasteiger partial charge in [0.1, 0.15) is 0 Å². The number of hydrogen-bond acceptors (Lipinski definition) is 4. The Morgan fingerprint density at radius 1 is 1.47 bits per heavy atom. The Bertz CT molecular complexity index is 540. The zero-order chi connectivity index (χ0) is 13.1. The van der Waals surface area contributed by atoms with Crippen molar-refractivity contribution in [2.24, 2.45) is 4.36 Å². The number of esters is 1. The number of methoxy groups -OCH3 is 1. The maximum Gasteiger partial charge on any atom is 0.310 e. The molecule has 0 atom stereocenters. The molecular formula is C11H14ClNO3S. The molecule has 0 radical (unpaired) electrons. The van der Waals surface area contributed by atoms with Crippen LogP contribution in [0.15, 0.2) is 22.6 Å². The Kier molecular flexibility index (Phi) is 4.54. The first kappa shape index (κ1) is 14.0. The first-order valence-corrected chi connectivity index (χ1v) is 7.55. The SMILES string of the molecule is COC(=O)Cc1ccc(N=S(C)(C)=O)cc1Cl. The van der Waals surface area contributed by atoms with Gasteiger partial charge in [0, 0.05) is 27.3 Å². The lowest BCUT2D eigenvalue weighted by molar-refractivity contribution is -0.139. The zero-order valence-corrected chi connectivity index (χ0v) is 11.5. The van der Waals surface area contributed by atoms with E-state index in [0.29, 0.717) is 16.3 Å². The predicted octanol–water partition coefficient (Wildman–Crippen LogP) is 2.41. The average Bonchev–Trinajstić information content (AvgIpc) is 2.19. The normalized spacial score (nSPS) is 11.1. The minimum absolute atomic E-state index is 0.114. The topological polar surface area (TPSA) is 55.7 Å². The Hall–Kier alpha value is -1.07. The van der Waals surface area contributed by atoms with E-state index in [9.17, 15) is 9.00 Å². The highest BCUT2D eigenvalue weighted by atomic mass is 35.5. The van der Waals surface area contributed by atoms with E-state index >= 15 is 0 Å². The standard InChI is InChI=1S/C11H14ClNO3S/c1-16-11(14)6-8-4-5-9(7-10(8)12)13-17(2,3)15/h4-5,7H,6H2,1-3H3. The second-order valence-corrected chi connectivity index (χ2v) is 6.75. The van der Waals surface area contributed by atoms with Gasteiger partial charge in [-0.05, 0) is 17.7 Å². The van der Waals surface area contributed by atoms with Gasteiger partial charge in [-0.1, -0.05) is 17.7 Å². The molecule has 0 heterocycles. The maximum atomic E-state index is 11.5. The lowest BCUT2D eigenvalue weighted by atomic mass is 10.1. The summed E-state index contributed by atoms with van der Waals surface area (Å²) in [6.45, 7) is 0. The van der Waals surface area contributed by atoms with Gasteiger partial charge in [-0.15, -0.1) is 0 Å². The van der Waals surface area contributed by atoms with Gasteiger partial charge in [-0.3, -0.25) is 4.79 Å². The minimum atomic E-state index is -2.21. The highest BCUT2D eigenvalue weighted by molar-refractivity contribution is 7.92. The van der Waals surface area contributed by atoms with E-state index in [1.54, 1.807) is 30.7 Å². The van der Waals surface area contributed by atoms with E-state index in [1.165, 1.54) is 7.11 Å². The minimum Gasteiger partial charge on any atom is -0.469 e. The molecule has 1 aromatic rings. The van der Waals surface area contributed by atoms with Crippen LogP contribution in [0.5, 0.6) is 0 Å². The van der Waals surface area contributed by atoms with Crippen LogP contribution in [0.1, 0.15) is 5.56 Å². The highest BCUT2D eigenvalue weighted by Crippen LogP contribution is 2.24. The molecule has 0 fully saturated rings. The predicted molar refractivity (Wildman–Crippen MR) is 69.3 cm³/mol. The molecule has 1 aromatic carbocycles. The lowest BCUT2D eigenvalue weighted by Gasteiger charge is -2.04. The molecule has 0 aliphatic rings. The van der Waals surface area contributed by atoms with Crippen LogP contribution < -0.4 is 0 Å². The molecule has 6 heteroatoms.